The molecular weight excluding hydrogens is 328 g/mol. The van der Waals surface area contributed by atoms with E-state index in [1.807, 2.05) is 0 Å². The lowest BCUT2D eigenvalue weighted by molar-refractivity contribution is -0.155. The molecule has 0 fully saturated rings. The van der Waals surface area contributed by atoms with Gasteiger partial charge in [0.1, 0.15) is 17.4 Å². The van der Waals surface area contributed by atoms with Gasteiger partial charge in [-0.2, -0.15) is 0 Å². The Bertz CT molecular complexity index is 710. The molecular formula is C17H22N2O6. The SMILES string of the molecule is CC(C)(C)OC(=O)CCC(C(N)=O)N1C(=O)c2ccc(O)cc2C1O. The number of ether oxygens (including phenoxy) is 1. The molecule has 1 aromatic rings. The van der Waals surface area contributed by atoms with Crippen molar-refractivity contribution in [1.82, 2.24) is 4.90 Å². The molecule has 1 aromatic carbocycles. The lowest BCUT2D eigenvalue weighted by atomic mass is 10.1. The van der Waals surface area contributed by atoms with Crippen molar-refractivity contribution in [1.29, 1.82) is 0 Å². The van der Waals surface area contributed by atoms with E-state index in [4.69, 9.17) is 10.5 Å². The van der Waals surface area contributed by atoms with E-state index in [2.05, 4.69) is 0 Å². The van der Waals surface area contributed by atoms with Crippen molar-refractivity contribution in [3.05, 3.63) is 29.3 Å². The Morgan fingerprint density at radius 2 is 2.00 bits per heavy atom. The summed E-state index contributed by atoms with van der Waals surface area (Å²) >= 11 is 0. The van der Waals surface area contributed by atoms with E-state index in [1.165, 1.54) is 18.2 Å². The fourth-order valence-corrected chi connectivity index (χ4v) is 2.74. The number of hydrogen-bond donors (Lipinski definition) is 3. The third-order valence-corrected chi connectivity index (χ3v) is 3.75. The van der Waals surface area contributed by atoms with Gasteiger partial charge in [0, 0.05) is 17.5 Å². The number of primary amides is 1. The second-order valence-corrected chi connectivity index (χ2v) is 6.90. The number of aromatic hydroxyl groups is 1. The van der Waals surface area contributed by atoms with Crippen LogP contribution < -0.4 is 5.73 Å². The van der Waals surface area contributed by atoms with Crippen molar-refractivity contribution in [3.8, 4) is 5.75 Å². The maximum Gasteiger partial charge on any atom is 0.306 e. The fraction of sp³-hybridized carbons (Fsp3) is 0.471. The third-order valence-electron chi connectivity index (χ3n) is 3.75. The van der Waals surface area contributed by atoms with Crippen LogP contribution in [0.2, 0.25) is 0 Å². The Balaban J connectivity index is 2.17. The summed E-state index contributed by atoms with van der Waals surface area (Å²) < 4.78 is 5.17. The quantitative estimate of drug-likeness (QED) is 0.674. The van der Waals surface area contributed by atoms with Crippen molar-refractivity contribution >= 4 is 17.8 Å². The summed E-state index contributed by atoms with van der Waals surface area (Å²) in [5, 5.41) is 19.9. The average molecular weight is 350 g/mol. The van der Waals surface area contributed by atoms with Gasteiger partial charge in [0.15, 0.2) is 6.23 Å². The van der Waals surface area contributed by atoms with Crippen LogP contribution in [0, 0.1) is 0 Å². The van der Waals surface area contributed by atoms with E-state index in [9.17, 15) is 24.6 Å². The number of amides is 2. The summed E-state index contributed by atoms with van der Waals surface area (Å²) in [6.07, 6.45) is -1.64. The number of nitrogens with zero attached hydrogens (tertiary/aromatic N) is 1. The highest BCUT2D eigenvalue weighted by atomic mass is 16.6. The fourth-order valence-electron chi connectivity index (χ4n) is 2.74. The monoisotopic (exact) mass is 350 g/mol. The van der Waals surface area contributed by atoms with Crippen LogP contribution in [0.15, 0.2) is 18.2 Å². The Morgan fingerprint density at radius 1 is 1.36 bits per heavy atom. The van der Waals surface area contributed by atoms with E-state index in [-0.39, 0.29) is 29.7 Å². The first-order valence-electron chi connectivity index (χ1n) is 7.86. The smallest absolute Gasteiger partial charge is 0.306 e. The zero-order valence-electron chi connectivity index (χ0n) is 14.4. The van der Waals surface area contributed by atoms with Gasteiger partial charge in [0.05, 0.1) is 0 Å². The number of rotatable bonds is 5. The minimum absolute atomic E-state index is 0.0764. The van der Waals surface area contributed by atoms with Gasteiger partial charge in [0.25, 0.3) is 5.91 Å². The van der Waals surface area contributed by atoms with Crippen LogP contribution >= 0.6 is 0 Å². The summed E-state index contributed by atoms with van der Waals surface area (Å²) in [4.78, 5) is 37.1. The molecule has 0 spiro atoms. The molecule has 1 heterocycles. The van der Waals surface area contributed by atoms with Crippen LogP contribution in [0.3, 0.4) is 0 Å². The van der Waals surface area contributed by atoms with Gasteiger partial charge in [0.2, 0.25) is 5.91 Å². The summed E-state index contributed by atoms with van der Waals surface area (Å²) in [6.45, 7) is 5.15. The second kappa shape index (κ2) is 6.72. The molecule has 2 rings (SSSR count). The van der Waals surface area contributed by atoms with Crippen molar-refractivity contribution in [2.75, 3.05) is 0 Å². The predicted molar refractivity (Wildman–Crippen MR) is 87.3 cm³/mol. The summed E-state index contributed by atoms with van der Waals surface area (Å²) in [5.41, 5.74) is 5.07. The van der Waals surface area contributed by atoms with Gasteiger partial charge >= 0.3 is 5.97 Å². The van der Waals surface area contributed by atoms with Crippen LogP contribution in [0.1, 0.15) is 55.8 Å². The number of phenolic OH excluding ortho intramolecular Hbond substituents is 1. The van der Waals surface area contributed by atoms with E-state index in [0.29, 0.717) is 0 Å². The Labute approximate surface area is 145 Å². The molecule has 2 unspecified atom stereocenters. The molecule has 8 nitrogen and oxygen atoms in total. The Hall–Kier alpha value is -2.61. The van der Waals surface area contributed by atoms with Gasteiger partial charge in [-0.3, -0.25) is 19.3 Å². The van der Waals surface area contributed by atoms with Gasteiger partial charge in [-0.05, 0) is 45.4 Å². The number of benzene rings is 1. The maximum absolute atomic E-state index is 12.5. The molecule has 0 radical (unpaired) electrons. The lowest BCUT2D eigenvalue weighted by Crippen LogP contribution is -2.47. The lowest BCUT2D eigenvalue weighted by Gasteiger charge is -2.28. The molecule has 25 heavy (non-hydrogen) atoms. The molecule has 0 saturated carbocycles. The van der Waals surface area contributed by atoms with Gasteiger partial charge in [-0.15, -0.1) is 0 Å². The highest BCUT2D eigenvalue weighted by Crippen LogP contribution is 2.36. The van der Waals surface area contributed by atoms with Crippen molar-refractivity contribution in [3.63, 3.8) is 0 Å². The van der Waals surface area contributed by atoms with Gasteiger partial charge in [-0.1, -0.05) is 0 Å². The zero-order valence-corrected chi connectivity index (χ0v) is 14.4. The standard InChI is InChI=1S/C17H22N2O6/c1-17(2,3)25-13(21)7-6-12(14(18)22)19-15(23)10-5-4-9(20)8-11(10)16(19)24/h4-5,8,12,16,20,24H,6-7H2,1-3H3,(H2,18,22). The van der Waals surface area contributed by atoms with Crippen LogP contribution in [0.4, 0.5) is 0 Å². The summed E-state index contributed by atoms with van der Waals surface area (Å²) in [6, 6.07) is 2.75. The number of esters is 1. The number of carbonyl (C=O) groups is 3. The van der Waals surface area contributed by atoms with Crippen LogP contribution in [0.5, 0.6) is 5.75 Å². The maximum atomic E-state index is 12.5. The minimum Gasteiger partial charge on any atom is -0.508 e. The Morgan fingerprint density at radius 3 is 2.56 bits per heavy atom. The number of fused-ring (bicyclic) bond motifs is 1. The second-order valence-electron chi connectivity index (χ2n) is 6.90. The number of aliphatic hydroxyl groups is 1. The van der Waals surface area contributed by atoms with Crippen LogP contribution in [-0.4, -0.2) is 44.5 Å². The van der Waals surface area contributed by atoms with Crippen molar-refractivity contribution < 1.29 is 29.3 Å². The number of nitrogens with two attached hydrogens (primary N) is 1. The van der Waals surface area contributed by atoms with Crippen molar-refractivity contribution in [2.45, 2.75) is 51.5 Å². The largest absolute Gasteiger partial charge is 0.508 e. The highest BCUT2D eigenvalue weighted by Gasteiger charge is 2.42. The molecule has 0 bridgehead atoms. The molecule has 8 heteroatoms. The molecule has 1 aliphatic heterocycles. The molecule has 2 atom stereocenters. The number of aliphatic hydroxyl groups excluding tert-OH is 1. The topological polar surface area (TPSA) is 130 Å². The van der Waals surface area contributed by atoms with Gasteiger partial charge < -0.3 is 20.7 Å². The van der Waals surface area contributed by atoms with Crippen LogP contribution in [-0.2, 0) is 14.3 Å². The third kappa shape index (κ3) is 4.08. The molecule has 1 aliphatic rings. The highest BCUT2D eigenvalue weighted by molar-refractivity contribution is 6.01. The zero-order chi connectivity index (χ0) is 18.9. The van der Waals surface area contributed by atoms with E-state index < -0.39 is 35.7 Å². The molecule has 0 saturated heterocycles. The first-order valence-corrected chi connectivity index (χ1v) is 7.86. The van der Waals surface area contributed by atoms with Gasteiger partial charge in [-0.25, -0.2) is 0 Å². The first kappa shape index (κ1) is 18.7. The molecule has 2 amide bonds. The summed E-state index contributed by atoms with van der Waals surface area (Å²) in [7, 11) is 0. The Kier molecular flexibility index (Phi) is 5.03. The number of hydrogen-bond acceptors (Lipinski definition) is 6. The van der Waals surface area contributed by atoms with E-state index in [1.54, 1.807) is 20.8 Å². The molecule has 4 N–H and O–H groups in total. The van der Waals surface area contributed by atoms with E-state index >= 15 is 0 Å². The first-order chi connectivity index (χ1) is 11.5. The molecule has 0 aromatic heterocycles. The normalized spacial score (nSPS) is 18.0. The number of phenols is 1. The van der Waals surface area contributed by atoms with E-state index in [0.717, 1.165) is 4.90 Å². The number of carbonyl (C=O) groups excluding carboxylic acids is 3. The van der Waals surface area contributed by atoms with Crippen molar-refractivity contribution in [2.24, 2.45) is 5.73 Å². The summed E-state index contributed by atoms with van der Waals surface area (Å²) in [5.74, 6) is -2.07. The average Bonchev–Trinajstić information content (AvgIpc) is 2.70. The molecule has 136 valence electrons. The minimum atomic E-state index is -1.43. The predicted octanol–water partition coefficient (Wildman–Crippen LogP) is 0.815. The molecule has 0 aliphatic carbocycles. The van der Waals surface area contributed by atoms with Crippen LogP contribution in [0.25, 0.3) is 0 Å².